The molecule has 31 heavy (non-hydrogen) atoms. The van der Waals surface area contributed by atoms with E-state index in [1.54, 1.807) is 13.8 Å². The Balaban J connectivity index is 1.85. The maximum absolute atomic E-state index is 12.8. The van der Waals surface area contributed by atoms with Gasteiger partial charge >= 0.3 is 0 Å². The molecular formula is C22H25N3O4S2. The number of carbonyl (C=O) groups is 1. The van der Waals surface area contributed by atoms with E-state index in [0.29, 0.717) is 5.13 Å². The second-order valence-electron chi connectivity index (χ2n) is 7.43. The Labute approximate surface area is 186 Å². The Morgan fingerprint density at radius 3 is 2.48 bits per heavy atom. The highest BCUT2D eigenvalue weighted by Crippen LogP contribution is 2.28. The van der Waals surface area contributed by atoms with Crippen LogP contribution in [0.4, 0.5) is 5.13 Å². The molecule has 1 heterocycles. The molecule has 2 N–H and O–H groups in total. The lowest BCUT2D eigenvalue weighted by Crippen LogP contribution is -2.30. The summed E-state index contributed by atoms with van der Waals surface area (Å²) in [4.78, 5) is 17.2. The van der Waals surface area contributed by atoms with Crippen molar-refractivity contribution >= 4 is 32.4 Å². The number of ether oxygens (including phenoxy) is 1. The fourth-order valence-electron chi connectivity index (χ4n) is 2.94. The molecule has 1 aromatic heterocycles. The maximum Gasteiger partial charge on any atom is 0.257 e. The molecule has 7 nitrogen and oxygen atoms in total. The largest absolute Gasteiger partial charge is 0.495 e. The zero-order valence-electron chi connectivity index (χ0n) is 18.0. The van der Waals surface area contributed by atoms with Crippen LogP contribution in [0.5, 0.6) is 5.75 Å². The van der Waals surface area contributed by atoms with Crippen LogP contribution < -0.4 is 14.8 Å². The van der Waals surface area contributed by atoms with Crippen LogP contribution in [0.15, 0.2) is 46.7 Å². The summed E-state index contributed by atoms with van der Waals surface area (Å²) < 4.78 is 32.9. The van der Waals surface area contributed by atoms with Crippen molar-refractivity contribution in [2.45, 2.75) is 38.6 Å². The molecule has 0 aliphatic carbocycles. The Kier molecular flexibility index (Phi) is 6.78. The van der Waals surface area contributed by atoms with E-state index < -0.39 is 15.9 Å². The molecule has 0 unspecified atom stereocenters. The van der Waals surface area contributed by atoms with Crippen LogP contribution in [0.2, 0.25) is 0 Å². The van der Waals surface area contributed by atoms with E-state index in [2.05, 4.69) is 21.1 Å². The fourth-order valence-corrected chi connectivity index (χ4v) is 5.10. The van der Waals surface area contributed by atoms with Gasteiger partial charge in [-0.3, -0.25) is 10.1 Å². The second kappa shape index (κ2) is 9.17. The van der Waals surface area contributed by atoms with E-state index in [0.717, 1.165) is 16.8 Å². The minimum Gasteiger partial charge on any atom is -0.495 e. The molecular weight excluding hydrogens is 434 g/mol. The van der Waals surface area contributed by atoms with Crippen molar-refractivity contribution < 1.29 is 17.9 Å². The SMILES string of the molecule is COc1ccc(C(=O)Nc2nc(-c3ccc(C)c(C)c3)cs2)cc1S(=O)(=O)NC(C)C. The Bertz CT molecular complexity index is 1220. The Hall–Kier alpha value is -2.75. The highest BCUT2D eigenvalue weighted by molar-refractivity contribution is 7.89. The number of carbonyl (C=O) groups excluding carboxylic acids is 1. The summed E-state index contributed by atoms with van der Waals surface area (Å²) in [6.45, 7) is 7.52. The topological polar surface area (TPSA) is 97.4 Å². The summed E-state index contributed by atoms with van der Waals surface area (Å²) in [5.41, 5.74) is 4.29. The summed E-state index contributed by atoms with van der Waals surface area (Å²) in [5.74, 6) is -0.291. The van der Waals surface area contributed by atoms with Gasteiger partial charge in [-0.1, -0.05) is 12.1 Å². The summed E-state index contributed by atoms with van der Waals surface area (Å²) >= 11 is 1.30. The number of thiazole rings is 1. The number of amides is 1. The average Bonchev–Trinajstić information content (AvgIpc) is 3.17. The van der Waals surface area contributed by atoms with Crippen LogP contribution in [-0.4, -0.2) is 32.5 Å². The van der Waals surface area contributed by atoms with Crippen LogP contribution in [0.3, 0.4) is 0 Å². The first kappa shape index (κ1) is 22.9. The van der Waals surface area contributed by atoms with Crippen molar-refractivity contribution in [3.63, 3.8) is 0 Å². The highest BCUT2D eigenvalue weighted by Gasteiger charge is 2.23. The van der Waals surface area contributed by atoms with Crippen molar-refractivity contribution in [2.75, 3.05) is 12.4 Å². The quantitative estimate of drug-likeness (QED) is 0.547. The molecule has 0 spiro atoms. The standard InChI is InChI=1S/C22H25N3O4S2/c1-13(2)25-31(27,28)20-11-17(8-9-19(20)29-5)21(26)24-22-23-18(12-30-22)16-7-6-14(3)15(4)10-16/h6-13,25H,1-5H3,(H,23,24,26). The van der Waals surface area contributed by atoms with Crippen molar-refractivity contribution in [3.05, 3.63) is 58.5 Å². The van der Waals surface area contributed by atoms with E-state index in [1.165, 1.54) is 42.2 Å². The molecule has 3 rings (SSSR count). The molecule has 0 fully saturated rings. The number of aryl methyl sites for hydroxylation is 2. The van der Waals surface area contributed by atoms with Gasteiger partial charge < -0.3 is 4.74 Å². The predicted molar refractivity (Wildman–Crippen MR) is 123 cm³/mol. The molecule has 1 amide bonds. The lowest BCUT2D eigenvalue weighted by Gasteiger charge is -2.14. The summed E-state index contributed by atoms with van der Waals surface area (Å²) in [7, 11) is -2.46. The Morgan fingerprint density at radius 1 is 1.10 bits per heavy atom. The van der Waals surface area contributed by atoms with E-state index in [9.17, 15) is 13.2 Å². The number of benzene rings is 2. The maximum atomic E-state index is 12.8. The molecule has 164 valence electrons. The third-order valence-corrected chi connectivity index (χ3v) is 7.07. The number of hydrogen-bond acceptors (Lipinski definition) is 6. The summed E-state index contributed by atoms with van der Waals surface area (Å²) in [5, 5.41) is 5.04. The fraction of sp³-hybridized carbons (Fsp3) is 0.273. The minimum atomic E-state index is -3.84. The monoisotopic (exact) mass is 459 g/mol. The smallest absolute Gasteiger partial charge is 0.257 e. The van der Waals surface area contributed by atoms with Crippen LogP contribution in [-0.2, 0) is 10.0 Å². The van der Waals surface area contributed by atoms with Gasteiger partial charge in [-0.2, -0.15) is 0 Å². The van der Waals surface area contributed by atoms with Gasteiger partial charge in [-0.05, 0) is 63.1 Å². The summed E-state index contributed by atoms with van der Waals surface area (Å²) in [6, 6.07) is 10.1. The van der Waals surface area contributed by atoms with Gasteiger partial charge in [0, 0.05) is 22.5 Å². The third-order valence-electron chi connectivity index (χ3n) is 4.63. The molecule has 0 aliphatic rings. The van der Waals surface area contributed by atoms with Gasteiger partial charge in [0.15, 0.2) is 5.13 Å². The molecule has 9 heteroatoms. The number of aromatic nitrogens is 1. The molecule has 3 aromatic rings. The molecule has 2 aromatic carbocycles. The zero-order chi connectivity index (χ0) is 22.8. The summed E-state index contributed by atoms with van der Waals surface area (Å²) in [6.07, 6.45) is 0. The van der Waals surface area contributed by atoms with E-state index in [1.807, 2.05) is 31.4 Å². The van der Waals surface area contributed by atoms with Gasteiger partial charge in [0.2, 0.25) is 10.0 Å². The number of nitrogens with zero attached hydrogens (tertiary/aromatic N) is 1. The molecule has 0 saturated carbocycles. The number of rotatable bonds is 7. The predicted octanol–water partition coefficient (Wildman–Crippen LogP) is 4.37. The number of methoxy groups -OCH3 is 1. The normalized spacial score (nSPS) is 11.5. The molecule has 0 atom stereocenters. The highest BCUT2D eigenvalue weighted by atomic mass is 32.2. The zero-order valence-corrected chi connectivity index (χ0v) is 19.6. The first-order valence-electron chi connectivity index (χ1n) is 9.65. The lowest BCUT2D eigenvalue weighted by molar-refractivity contribution is 0.102. The second-order valence-corrected chi connectivity index (χ2v) is 9.97. The van der Waals surface area contributed by atoms with Gasteiger partial charge in [-0.25, -0.2) is 18.1 Å². The minimum absolute atomic E-state index is 0.0914. The van der Waals surface area contributed by atoms with E-state index in [-0.39, 0.29) is 22.3 Å². The van der Waals surface area contributed by atoms with E-state index >= 15 is 0 Å². The average molecular weight is 460 g/mol. The number of sulfonamides is 1. The van der Waals surface area contributed by atoms with Crippen molar-refractivity contribution in [1.82, 2.24) is 9.71 Å². The van der Waals surface area contributed by atoms with Crippen molar-refractivity contribution in [2.24, 2.45) is 0 Å². The first-order chi connectivity index (χ1) is 14.6. The molecule has 0 aliphatic heterocycles. The number of nitrogens with one attached hydrogen (secondary N) is 2. The molecule has 0 radical (unpaired) electrons. The Morgan fingerprint density at radius 2 is 1.84 bits per heavy atom. The van der Waals surface area contributed by atoms with Crippen LogP contribution in [0, 0.1) is 13.8 Å². The van der Waals surface area contributed by atoms with E-state index in [4.69, 9.17) is 4.74 Å². The first-order valence-corrected chi connectivity index (χ1v) is 12.0. The third kappa shape index (κ3) is 5.30. The van der Waals surface area contributed by atoms with Gasteiger partial charge in [-0.15, -0.1) is 11.3 Å². The van der Waals surface area contributed by atoms with Gasteiger partial charge in [0.05, 0.1) is 12.8 Å². The molecule has 0 bridgehead atoms. The van der Waals surface area contributed by atoms with Crippen molar-refractivity contribution in [3.8, 4) is 17.0 Å². The van der Waals surface area contributed by atoms with Crippen LogP contribution in [0.1, 0.15) is 35.3 Å². The molecule has 0 saturated heterocycles. The number of hydrogen-bond donors (Lipinski definition) is 2. The van der Waals surface area contributed by atoms with Gasteiger partial charge in [0.1, 0.15) is 10.6 Å². The lowest BCUT2D eigenvalue weighted by atomic mass is 10.1. The van der Waals surface area contributed by atoms with Crippen molar-refractivity contribution in [1.29, 1.82) is 0 Å². The van der Waals surface area contributed by atoms with Crippen LogP contribution >= 0.6 is 11.3 Å². The number of anilines is 1. The van der Waals surface area contributed by atoms with Crippen LogP contribution in [0.25, 0.3) is 11.3 Å². The van der Waals surface area contributed by atoms with Gasteiger partial charge in [0.25, 0.3) is 5.91 Å².